The minimum atomic E-state index is -10.7. The van der Waals surface area contributed by atoms with Gasteiger partial charge in [0.25, 0.3) is 0 Å². The summed E-state index contributed by atoms with van der Waals surface area (Å²) in [4.78, 5) is 16.0. The average molecular weight is 562 g/mol. The van der Waals surface area contributed by atoms with Gasteiger partial charge in [0.2, 0.25) is 0 Å². The molecule has 0 amide bonds. The van der Waals surface area contributed by atoms with Crippen LogP contribution in [0.1, 0.15) is 22.8 Å². The van der Waals surface area contributed by atoms with Gasteiger partial charge in [-0.15, -0.1) is 0 Å². The van der Waals surface area contributed by atoms with Gasteiger partial charge in [0.1, 0.15) is 0 Å². The maximum absolute atomic E-state index is 10.7. The van der Waals surface area contributed by atoms with Crippen LogP contribution in [0.2, 0.25) is 0 Å². The first-order valence-electron chi connectivity index (χ1n) is 8.86. The van der Waals surface area contributed by atoms with Crippen molar-refractivity contribution in [3.05, 3.63) is 71.3 Å². The molecule has 5 rings (SSSR count). The summed E-state index contributed by atoms with van der Waals surface area (Å²) in [5, 5.41) is 0. The summed E-state index contributed by atoms with van der Waals surface area (Å²) >= 11 is 0. The van der Waals surface area contributed by atoms with Crippen LogP contribution in [0, 0.1) is 0 Å². The fourth-order valence-corrected chi connectivity index (χ4v) is 2.94. The predicted molar refractivity (Wildman–Crippen MR) is 112 cm³/mol. The molecule has 0 radical (unpaired) electrons. The molecule has 8 bridgehead atoms. The van der Waals surface area contributed by atoms with Crippen LogP contribution in [0.3, 0.4) is 0 Å². The molecule has 0 fully saturated rings. The van der Waals surface area contributed by atoms with Crippen LogP contribution < -0.4 is 0 Å². The average Bonchev–Trinajstić information content (AvgIpc) is 3.37. The van der Waals surface area contributed by atoms with E-state index < -0.39 is 7.81 Å². The number of aromatic amines is 2. The quantitative estimate of drug-likeness (QED) is 0.114. The van der Waals surface area contributed by atoms with E-state index in [9.17, 15) is 25.2 Å². The Labute approximate surface area is 191 Å². The minimum Gasteiger partial charge on any atom is 0 e. The molecular weight excluding hydrogens is 548 g/mol. The molecular formula is C20H14F6N4PPd-. The molecule has 0 spiro atoms. The number of fused-ring (bicyclic) bond motifs is 8. The Balaban J connectivity index is 0.000000318. The van der Waals surface area contributed by atoms with Crippen LogP contribution >= 0.6 is 7.81 Å². The van der Waals surface area contributed by atoms with Crippen LogP contribution in [-0.2, 0) is 20.4 Å². The summed E-state index contributed by atoms with van der Waals surface area (Å²) in [7, 11) is -10.7. The Morgan fingerprint density at radius 2 is 0.781 bits per heavy atom. The van der Waals surface area contributed by atoms with E-state index in [1.165, 1.54) is 0 Å². The molecule has 0 unspecified atom stereocenters. The molecule has 0 saturated heterocycles. The zero-order chi connectivity index (χ0) is 22.3. The van der Waals surface area contributed by atoms with Gasteiger partial charge in [0.05, 0.1) is 22.8 Å². The molecule has 2 aliphatic rings. The van der Waals surface area contributed by atoms with Crippen molar-refractivity contribution < 1.29 is 45.6 Å². The largest absolute Gasteiger partial charge is 0 e. The Kier molecular flexibility index (Phi) is 5.75. The molecule has 0 saturated carbocycles. The number of rotatable bonds is 0. The molecule has 5 heterocycles. The van der Waals surface area contributed by atoms with Crippen molar-refractivity contribution >= 4 is 54.2 Å². The van der Waals surface area contributed by atoms with Gasteiger partial charge < -0.3 is 9.97 Å². The SMILES string of the molecule is C1=Cc2cc3ccc(cc4ccc(cc5nc(cc1n2)C=C5)[nH]4)[nH]3.F[P-](F)(F)(F)(F)F.[Pd]. The number of aromatic nitrogens is 4. The third-order valence-corrected chi connectivity index (χ3v) is 4.04. The summed E-state index contributed by atoms with van der Waals surface area (Å²) in [6.07, 6.45) is 8.05. The van der Waals surface area contributed by atoms with Crippen molar-refractivity contribution in [1.82, 2.24) is 19.9 Å². The van der Waals surface area contributed by atoms with E-state index in [4.69, 9.17) is 0 Å². The molecule has 32 heavy (non-hydrogen) atoms. The summed E-state index contributed by atoms with van der Waals surface area (Å²) in [5.41, 5.74) is 7.86. The smallest absolute Gasteiger partial charge is 0 e. The van der Waals surface area contributed by atoms with Gasteiger partial charge in [-0.3, -0.25) is 0 Å². The minimum absolute atomic E-state index is 0. The Bertz CT molecular complexity index is 1290. The molecule has 0 aliphatic carbocycles. The van der Waals surface area contributed by atoms with Gasteiger partial charge in [0, 0.05) is 42.5 Å². The van der Waals surface area contributed by atoms with Crippen molar-refractivity contribution in [2.45, 2.75) is 0 Å². The Hall–Kier alpha value is -2.73. The van der Waals surface area contributed by atoms with Crippen LogP contribution in [0.4, 0.5) is 25.2 Å². The second-order valence-electron chi connectivity index (χ2n) is 6.86. The first kappa shape index (κ1) is 23.9. The molecule has 3 aromatic rings. The summed E-state index contributed by atoms with van der Waals surface area (Å²) in [5.74, 6) is 0. The van der Waals surface area contributed by atoms with E-state index in [-0.39, 0.29) is 20.4 Å². The van der Waals surface area contributed by atoms with Gasteiger partial charge in [-0.25, -0.2) is 9.97 Å². The monoisotopic (exact) mass is 561 g/mol. The Morgan fingerprint density at radius 3 is 1.12 bits per heavy atom. The van der Waals surface area contributed by atoms with Gasteiger partial charge in [-0.1, -0.05) is 0 Å². The first-order valence-corrected chi connectivity index (χ1v) is 10.9. The predicted octanol–water partition coefficient (Wildman–Crippen LogP) is 8.04. The zero-order valence-corrected chi connectivity index (χ0v) is 18.3. The number of halogens is 6. The fourth-order valence-electron chi connectivity index (χ4n) is 2.94. The molecule has 3 aromatic heterocycles. The maximum atomic E-state index is 9.87. The van der Waals surface area contributed by atoms with Crippen molar-refractivity contribution in [2.75, 3.05) is 0 Å². The van der Waals surface area contributed by atoms with Crippen LogP contribution in [0.25, 0.3) is 46.4 Å². The first-order chi connectivity index (χ1) is 14.2. The topological polar surface area (TPSA) is 57.4 Å². The summed E-state index contributed by atoms with van der Waals surface area (Å²) < 4.78 is 59.2. The van der Waals surface area contributed by atoms with E-state index in [2.05, 4.69) is 50.3 Å². The molecule has 0 atom stereocenters. The van der Waals surface area contributed by atoms with E-state index in [0.29, 0.717) is 0 Å². The second kappa shape index (κ2) is 7.70. The Morgan fingerprint density at radius 1 is 0.500 bits per heavy atom. The van der Waals surface area contributed by atoms with Gasteiger partial charge in [-0.2, -0.15) is 0 Å². The number of nitrogens with one attached hydrogen (secondary N) is 2. The molecule has 4 nitrogen and oxygen atoms in total. The molecule has 0 aromatic carbocycles. The normalized spacial score (nSPS) is 14.6. The van der Waals surface area contributed by atoms with Gasteiger partial charge >= 0.3 is 33.0 Å². The number of nitrogens with zero attached hydrogens (tertiary/aromatic N) is 2. The number of H-pyrrole nitrogens is 2. The van der Waals surface area contributed by atoms with E-state index in [1.807, 2.05) is 42.5 Å². The van der Waals surface area contributed by atoms with E-state index in [0.717, 1.165) is 44.8 Å². The molecule has 2 N–H and O–H groups in total. The van der Waals surface area contributed by atoms with Crippen LogP contribution in [0.15, 0.2) is 48.5 Å². The summed E-state index contributed by atoms with van der Waals surface area (Å²) in [6, 6.07) is 16.4. The molecule has 2 aliphatic heterocycles. The second-order valence-corrected chi connectivity index (χ2v) is 8.78. The zero-order valence-electron chi connectivity index (χ0n) is 15.9. The standard InChI is InChI=1S/C20H14N4.F6P.Pd/c1-2-14-10-16-5-6-18(23-16)12-20-8-7-19(24-20)11-17-4-3-15(22-17)9-13(1)21-14;1-7(2,3,4,5)6;/h1-12,21-22H;;/q;-1;. The summed E-state index contributed by atoms with van der Waals surface area (Å²) in [6.45, 7) is 0. The van der Waals surface area contributed by atoms with E-state index in [1.54, 1.807) is 0 Å². The van der Waals surface area contributed by atoms with Crippen molar-refractivity contribution in [3.63, 3.8) is 0 Å². The van der Waals surface area contributed by atoms with Crippen LogP contribution in [-0.4, -0.2) is 19.9 Å². The van der Waals surface area contributed by atoms with Crippen molar-refractivity contribution in [3.8, 4) is 0 Å². The van der Waals surface area contributed by atoms with E-state index >= 15 is 0 Å². The van der Waals surface area contributed by atoms with Gasteiger partial charge in [0.15, 0.2) is 0 Å². The van der Waals surface area contributed by atoms with Crippen molar-refractivity contribution in [2.24, 2.45) is 0 Å². The van der Waals surface area contributed by atoms with Gasteiger partial charge in [-0.05, 0) is 72.8 Å². The number of hydrogen-bond donors (Lipinski definition) is 2. The third kappa shape index (κ3) is 7.75. The third-order valence-electron chi connectivity index (χ3n) is 4.04. The maximum Gasteiger partial charge on any atom is 0 e. The number of hydrogen-bond acceptors (Lipinski definition) is 2. The fraction of sp³-hybridized carbons (Fsp3) is 0. The molecule has 12 heteroatoms. The van der Waals surface area contributed by atoms with Crippen LogP contribution in [0.5, 0.6) is 0 Å². The van der Waals surface area contributed by atoms with Crippen molar-refractivity contribution in [1.29, 1.82) is 0 Å². The molecule has 172 valence electrons.